The average Bonchev–Trinajstić information content (AvgIpc) is 2.34. The van der Waals surface area contributed by atoms with Crippen molar-refractivity contribution >= 4 is 11.8 Å². The Kier molecular flexibility index (Phi) is 7.54. The van der Waals surface area contributed by atoms with Gasteiger partial charge in [-0.2, -0.15) is 13.2 Å². The molecular weight excluding hydrogens is 273 g/mol. The largest absolute Gasteiger partial charge is 0.441 e. The topological polar surface area (TPSA) is 15.3 Å². The smallest absolute Gasteiger partial charge is 0.313 e. The third kappa shape index (κ3) is 7.42. The van der Waals surface area contributed by atoms with E-state index in [9.17, 15) is 13.2 Å². The molecule has 2 atom stereocenters. The zero-order chi connectivity index (χ0) is 14.3. The van der Waals surface area contributed by atoms with Crippen LogP contribution in [0.3, 0.4) is 0 Å². The van der Waals surface area contributed by atoms with Gasteiger partial charge in [0.1, 0.15) is 0 Å². The van der Waals surface area contributed by atoms with Crippen molar-refractivity contribution in [1.82, 2.24) is 10.2 Å². The van der Waals surface area contributed by atoms with Crippen molar-refractivity contribution in [3.05, 3.63) is 0 Å². The molecule has 0 bridgehead atoms. The van der Waals surface area contributed by atoms with E-state index in [4.69, 9.17) is 0 Å². The van der Waals surface area contributed by atoms with Crippen LogP contribution in [-0.2, 0) is 0 Å². The van der Waals surface area contributed by atoms with E-state index < -0.39 is 5.51 Å². The first-order valence-electron chi connectivity index (χ1n) is 7.08. The molecule has 1 heterocycles. The number of halogens is 3. The Morgan fingerprint density at radius 1 is 1.42 bits per heavy atom. The molecule has 1 aliphatic heterocycles. The number of hydrogen-bond acceptors (Lipinski definition) is 3. The molecule has 0 aliphatic carbocycles. The molecule has 0 aromatic rings. The number of hydrogen-bond donors (Lipinski definition) is 1. The second kappa shape index (κ2) is 8.37. The third-order valence-electron chi connectivity index (χ3n) is 3.62. The average molecular weight is 298 g/mol. The molecule has 1 N–H and O–H groups in total. The van der Waals surface area contributed by atoms with Crippen molar-refractivity contribution in [1.29, 1.82) is 0 Å². The standard InChI is InChI=1S/C13H25F3N2S/c1-3-7-18-8-4-5-12(10-18)11(2)17-6-9-19-13(14,15)16/h11-12,17H,3-10H2,1-2H3. The summed E-state index contributed by atoms with van der Waals surface area (Å²) in [5.74, 6) is 0.662. The van der Waals surface area contributed by atoms with Crippen LogP contribution in [0.2, 0.25) is 0 Å². The Bertz CT molecular complexity index is 247. The molecule has 114 valence electrons. The highest BCUT2D eigenvalue weighted by atomic mass is 32.2. The summed E-state index contributed by atoms with van der Waals surface area (Å²) < 4.78 is 36.0. The van der Waals surface area contributed by atoms with E-state index in [2.05, 4.69) is 24.1 Å². The van der Waals surface area contributed by atoms with Gasteiger partial charge in [-0.15, -0.1) is 0 Å². The molecule has 0 radical (unpaired) electrons. The maximum Gasteiger partial charge on any atom is 0.441 e. The number of rotatable bonds is 7. The molecule has 1 aliphatic rings. The zero-order valence-electron chi connectivity index (χ0n) is 11.8. The van der Waals surface area contributed by atoms with Crippen LogP contribution < -0.4 is 5.32 Å². The summed E-state index contributed by atoms with van der Waals surface area (Å²) in [5, 5.41) is 3.24. The van der Waals surface area contributed by atoms with Crippen molar-refractivity contribution in [2.45, 2.75) is 44.7 Å². The number of likely N-dealkylation sites (tertiary alicyclic amines) is 1. The van der Waals surface area contributed by atoms with Crippen LogP contribution in [0.5, 0.6) is 0 Å². The minimum atomic E-state index is -4.10. The fraction of sp³-hybridized carbons (Fsp3) is 1.00. The SMILES string of the molecule is CCCN1CCCC(C(C)NCCSC(F)(F)F)C1. The van der Waals surface area contributed by atoms with Crippen molar-refractivity contribution in [3.63, 3.8) is 0 Å². The van der Waals surface area contributed by atoms with Crippen LogP contribution in [0.25, 0.3) is 0 Å². The summed E-state index contributed by atoms with van der Waals surface area (Å²) in [6.45, 7) is 8.08. The molecule has 2 nitrogen and oxygen atoms in total. The normalized spacial score (nSPS) is 23.5. The molecule has 0 saturated carbocycles. The molecular formula is C13H25F3N2S. The summed E-state index contributed by atoms with van der Waals surface area (Å²) >= 11 is 0.0580. The number of alkyl halides is 3. The van der Waals surface area contributed by atoms with Gasteiger partial charge in [-0.25, -0.2) is 0 Å². The Balaban J connectivity index is 2.19. The van der Waals surface area contributed by atoms with Crippen LogP contribution in [0.4, 0.5) is 13.2 Å². The van der Waals surface area contributed by atoms with Gasteiger partial charge in [0.05, 0.1) is 0 Å². The lowest BCUT2D eigenvalue weighted by atomic mass is 9.91. The monoisotopic (exact) mass is 298 g/mol. The van der Waals surface area contributed by atoms with Crippen LogP contribution >= 0.6 is 11.8 Å². The Morgan fingerprint density at radius 2 is 2.16 bits per heavy atom. The summed E-state index contributed by atoms with van der Waals surface area (Å²) in [5.41, 5.74) is -4.10. The Hall–Kier alpha value is 0.0600. The fourth-order valence-corrected chi connectivity index (χ4v) is 3.09. The van der Waals surface area contributed by atoms with E-state index in [1.54, 1.807) is 0 Å². The molecule has 1 saturated heterocycles. The minimum absolute atomic E-state index is 0.0580. The highest BCUT2D eigenvalue weighted by Crippen LogP contribution is 2.29. The van der Waals surface area contributed by atoms with E-state index >= 15 is 0 Å². The van der Waals surface area contributed by atoms with Crippen LogP contribution in [-0.4, -0.2) is 48.4 Å². The maximum atomic E-state index is 12.0. The highest BCUT2D eigenvalue weighted by molar-refractivity contribution is 8.00. The van der Waals surface area contributed by atoms with Crippen molar-refractivity contribution in [2.75, 3.05) is 31.9 Å². The van der Waals surface area contributed by atoms with Crippen molar-refractivity contribution in [3.8, 4) is 0 Å². The van der Waals surface area contributed by atoms with Gasteiger partial charge in [-0.3, -0.25) is 0 Å². The quantitative estimate of drug-likeness (QED) is 0.726. The summed E-state index contributed by atoms with van der Waals surface area (Å²) in [6, 6.07) is 0.300. The molecule has 0 aromatic carbocycles. The van der Waals surface area contributed by atoms with E-state index in [1.165, 1.54) is 19.4 Å². The third-order valence-corrected chi connectivity index (χ3v) is 4.36. The van der Waals surface area contributed by atoms with Gasteiger partial charge in [0.25, 0.3) is 0 Å². The lowest BCUT2D eigenvalue weighted by Gasteiger charge is -2.36. The van der Waals surface area contributed by atoms with Crippen molar-refractivity contribution in [2.24, 2.45) is 5.92 Å². The molecule has 19 heavy (non-hydrogen) atoms. The van der Waals surface area contributed by atoms with E-state index in [-0.39, 0.29) is 17.5 Å². The van der Waals surface area contributed by atoms with E-state index in [0.29, 0.717) is 18.5 Å². The molecule has 0 amide bonds. The highest BCUT2D eigenvalue weighted by Gasteiger charge is 2.28. The molecule has 1 rings (SSSR count). The second-order valence-corrected chi connectivity index (χ2v) is 6.40. The first kappa shape index (κ1) is 17.1. The summed E-state index contributed by atoms with van der Waals surface area (Å²) in [7, 11) is 0. The molecule has 2 unspecified atom stereocenters. The lowest BCUT2D eigenvalue weighted by Crippen LogP contribution is -2.45. The number of thioether (sulfide) groups is 1. The second-order valence-electron chi connectivity index (χ2n) is 5.24. The molecule has 1 fully saturated rings. The van der Waals surface area contributed by atoms with Gasteiger partial charge >= 0.3 is 5.51 Å². The van der Waals surface area contributed by atoms with Crippen LogP contribution in [0, 0.1) is 5.92 Å². The number of nitrogens with zero attached hydrogens (tertiary/aromatic N) is 1. The number of nitrogens with one attached hydrogen (secondary N) is 1. The van der Waals surface area contributed by atoms with Gasteiger partial charge < -0.3 is 10.2 Å². The van der Waals surface area contributed by atoms with Crippen LogP contribution in [0.15, 0.2) is 0 Å². The number of piperidine rings is 1. The van der Waals surface area contributed by atoms with Crippen molar-refractivity contribution < 1.29 is 13.2 Å². The van der Waals surface area contributed by atoms with Gasteiger partial charge in [0.2, 0.25) is 0 Å². The summed E-state index contributed by atoms with van der Waals surface area (Å²) in [4.78, 5) is 2.47. The summed E-state index contributed by atoms with van der Waals surface area (Å²) in [6.07, 6.45) is 3.55. The lowest BCUT2D eigenvalue weighted by molar-refractivity contribution is -0.0327. The predicted octanol–water partition coefficient (Wildman–Crippen LogP) is 3.34. The van der Waals surface area contributed by atoms with Crippen LogP contribution in [0.1, 0.15) is 33.1 Å². The van der Waals surface area contributed by atoms with Gasteiger partial charge in [0.15, 0.2) is 0 Å². The zero-order valence-corrected chi connectivity index (χ0v) is 12.6. The molecule has 0 spiro atoms. The minimum Gasteiger partial charge on any atom is -0.313 e. The van der Waals surface area contributed by atoms with E-state index in [1.807, 2.05) is 0 Å². The van der Waals surface area contributed by atoms with Gasteiger partial charge in [0, 0.05) is 24.9 Å². The fourth-order valence-electron chi connectivity index (χ4n) is 2.64. The predicted molar refractivity (Wildman–Crippen MR) is 75.4 cm³/mol. The Morgan fingerprint density at radius 3 is 2.79 bits per heavy atom. The van der Waals surface area contributed by atoms with Gasteiger partial charge in [-0.05, 0) is 57.0 Å². The first-order chi connectivity index (χ1) is 8.92. The van der Waals surface area contributed by atoms with E-state index in [0.717, 1.165) is 19.5 Å². The van der Waals surface area contributed by atoms with Gasteiger partial charge in [-0.1, -0.05) is 6.92 Å². The molecule has 0 aromatic heterocycles. The maximum absolute atomic E-state index is 12.0. The first-order valence-corrected chi connectivity index (χ1v) is 8.07. The Labute approximate surface area is 118 Å². The molecule has 6 heteroatoms.